The third-order valence-electron chi connectivity index (χ3n) is 2.32. The molecule has 2 heteroatoms. The lowest BCUT2D eigenvalue weighted by molar-refractivity contribution is 0.0367. The standard InChI is InChI=1S/C12H18O2/c1-10(11(2)13)8-14-9-12-6-4-3-5-7-12/h3-7,10-11,13H,8-9H2,1-2H3. The van der Waals surface area contributed by atoms with E-state index in [1.54, 1.807) is 6.92 Å². The van der Waals surface area contributed by atoms with E-state index in [0.29, 0.717) is 13.2 Å². The molecule has 2 nitrogen and oxygen atoms in total. The molecule has 2 unspecified atom stereocenters. The summed E-state index contributed by atoms with van der Waals surface area (Å²) < 4.78 is 5.48. The lowest BCUT2D eigenvalue weighted by Crippen LogP contribution is -2.18. The molecule has 0 fully saturated rings. The molecule has 0 saturated carbocycles. The second-order valence-corrected chi connectivity index (χ2v) is 3.72. The molecule has 0 spiro atoms. The number of hydrogen-bond donors (Lipinski definition) is 1. The van der Waals surface area contributed by atoms with Crippen LogP contribution in [0.3, 0.4) is 0 Å². The van der Waals surface area contributed by atoms with Gasteiger partial charge in [0.15, 0.2) is 0 Å². The van der Waals surface area contributed by atoms with Gasteiger partial charge in [-0.2, -0.15) is 0 Å². The van der Waals surface area contributed by atoms with Crippen molar-refractivity contribution in [2.45, 2.75) is 26.6 Å². The zero-order valence-electron chi connectivity index (χ0n) is 8.81. The van der Waals surface area contributed by atoms with Crippen LogP contribution in [0.25, 0.3) is 0 Å². The molecule has 1 aromatic carbocycles. The fourth-order valence-corrected chi connectivity index (χ4v) is 1.08. The van der Waals surface area contributed by atoms with E-state index in [1.807, 2.05) is 37.3 Å². The third kappa shape index (κ3) is 3.90. The number of aliphatic hydroxyl groups excluding tert-OH is 1. The predicted octanol–water partition coefficient (Wildman–Crippen LogP) is 2.22. The highest BCUT2D eigenvalue weighted by molar-refractivity contribution is 5.13. The zero-order chi connectivity index (χ0) is 10.4. The van der Waals surface area contributed by atoms with Gasteiger partial charge in [-0.1, -0.05) is 37.3 Å². The highest BCUT2D eigenvalue weighted by Gasteiger charge is 2.08. The normalized spacial score (nSPS) is 15.1. The van der Waals surface area contributed by atoms with Gasteiger partial charge in [-0.3, -0.25) is 0 Å². The van der Waals surface area contributed by atoms with E-state index in [-0.39, 0.29) is 12.0 Å². The minimum absolute atomic E-state index is 0.193. The number of ether oxygens (including phenoxy) is 1. The number of hydrogen-bond acceptors (Lipinski definition) is 2. The summed E-state index contributed by atoms with van der Waals surface area (Å²) >= 11 is 0. The first kappa shape index (κ1) is 11.2. The Morgan fingerprint density at radius 3 is 2.43 bits per heavy atom. The van der Waals surface area contributed by atoms with Gasteiger partial charge in [-0.05, 0) is 12.5 Å². The van der Waals surface area contributed by atoms with Crippen LogP contribution in [0, 0.1) is 5.92 Å². The maximum Gasteiger partial charge on any atom is 0.0717 e. The highest BCUT2D eigenvalue weighted by Crippen LogP contribution is 2.05. The SMILES string of the molecule is CC(O)C(C)COCc1ccccc1. The lowest BCUT2D eigenvalue weighted by atomic mass is 10.1. The van der Waals surface area contributed by atoms with Gasteiger partial charge in [-0.25, -0.2) is 0 Å². The molecule has 78 valence electrons. The summed E-state index contributed by atoms with van der Waals surface area (Å²) in [7, 11) is 0. The van der Waals surface area contributed by atoms with Gasteiger partial charge in [-0.15, -0.1) is 0 Å². The third-order valence-corrected chi connectivity index (χ3v) is 2.32. The molecule has 0 aromatic heterocycles. The second kappa shape index (κ2) is 5.78. The molecular formula is C12H18O2. The first-order chi connectivity index (χ1) is 6.70. The van der Waals surface area contributed by atoms with Crippen molar-refractivity contribution in [2.75, 3.05) is 6.61 Å². The van der Waals surface area contributed by atoms with E-state index in [2.05, 4.69) is 0 Å². The summed E-state index contributed by atoms with van der Waals surface area (Å²) in [4.78, 5) is 0. The van der Waals surface area contributed by atoms with Crippen LogP contribution < -0.4 is 0 Å². The Labute approximate surface area is 85.5 Å². The van der Waals surface area contributed by atoms with Gasteiger partial charge in [0.2, 0.25) is 0 Å². The number of aliphatic hydroxyl groups is 1. The van der Waals surface area contributed by atoms with Crippen molar-refractivity contribution in [2.24, 2.45) is 5.92 Å². The lowest BCUT2D eigenvalue weighted by Gasteiger charge is -2.14. The first-order valence-electron chi connectivity index (χ1n) is 5.00. The molecule has 0 radical (unpaired) electrons. The van der Waals surface area contributed by atoms with Gasteiger partial charge in [0.05, 0.1) is 19.3 Å². The summed E-state index contributed by atoms with van der Waals surface area (Å²) in [5.41, 5.74) is 1.17. The van der Waals surface area contributed by atoms with Gasteiger partial charge in [0.25, 0.3) is 0 Å². The number of rotatable bonds is 5. The smallest absolute Gasteiger partial charge is 0.0717 e. The average molecular weight is 194 g/mol. The second-order valence-electron chi connectivity index (χ2n) is 3.72. The Bertz CT molecular complexity index is 244. The first-order valence-corrected chi connectivity index (χ1v) is 5.00. The summed E-state index contributed by atoms with van der Waals surface area (Å²) in [5, 5.41) is 9.24. The van der Waals surface area contributed by atoms with Crippen LogP contribution >= 0.6 is 0 Å². The van der Waals surface area contributed by atoms with Crippen LogP contribution in [0.15, 0.2) is 30.3 Å². The van der Waals surface area contributed by atoms with Crippen molar-refractivity contribution in [3.63, 3.8) is 0 Å². The molecule has 0 saturated heterocycles. The molecule has 1 aromatic rings. The van der Waals surface area contributed by atoms with Crippen molar-refractivity contribution in [3.8, 4) is 0 Å². The highest BCUT2D eigenvalue weighted by atomic mass is 16.5. The molecule has 1 N–H and O–H groups in total. The topological polar surface area (TPSA) is 29.5 Å². The minimum atomic E-state index is -0.300. The molecule has 14 heavy (non-hydrogen) atoms. The van der Waals surface area contributed by atoms with Crippen molar-refractivity contribution < 1.29 is 9.84 Å². The van der Waals surface area contributed by atoms with Crippen molar-refractivity contribution in [1.82, 2.24) is 0 Å². The van der Waals surface area contributed by atoms with E-state index in [1.165, 1.54) is 5.56 Å². The van der Waals surface area contributed by atoms with E-state index in [0.717, 1.165) is 0 Å². The Kier molecular flexibility index (Phi) is 4.63. The molecule has 0 heterocycles. The van der Waals surface area contributed by atoms with Gasteiger partial charge < -0.3 is 9.84 Å². The predicted molar refractivity (Wildman–Crippen MR) is 56.9 cm³/mol. The van der Waals surface area contributed by atoms with Gasteiger partial charge >= 0.3 is 0 Å². The monoisotopic (exact) mass is 194 g/mol. The van der Waals surface area contributed by atoms with E-state index >= 15 is 0 Å². The summed E-state index contributed by atoms with van der Waals surface area (Å²) in [6, 6.07) is 10.1. The summed E-state index contributed by atoms with van der Waals surface area (Å²) in [5.74, 6) is 0.193. The Balaban J connectivity index is 2.22. The minimum Gasteiger partial charge on any atom is -0.393 e. The van der Waals surface area contributed by atoms with Crippen molar-refractivity contribution in [1.29, 1.82) is 0 Å². The largest absolute Gasteiger partial charge is 0.393 e. The Hall–Kier alpha value is -0.860. The van der Waals surface area contributed by atoms with Gasteiger partial charge in [0, 0.05) is 5.92 Å². The van der Waals surface area contributed by atoms with Crippen LogP contribution in [0.5, 0.6) is 0 Å². The molecule has 2 atom stereocenters. The maximum absolute atomic E-state index is 9.24. The Morgan fingerprint density at radius 2 is 1.86 bits per heavy atom. The zero-order valence-corrected chi connectivity index (χ0v) is 8.81. The van der Waals surface area contributed by atoms with Gasteiger partial charge in [0.1, 0.15) is 0 Å². The van der Waals surface area contributed by atoms with E-state index < -0.39 is 0 Å². The molecule has 0 aliphatic rings. The quantitative estimate of drug-likeness (QED) is 0.778. The molecule has 0 aliphatic carbocycles. The summed E-state index contributed by atoms with van der Waals surface area (Å²) in [6.07, 6.45) is -0.300. The molecule has 0 bridgehead atoms. The van der Waals surface area contributed by atoms with Crippen LogP contribution in [0.4, 0.5) is 0 Å². The maximum atomic E-state index is 9.24. The molecule has 0 amide bonds. The van der Waals surface area contributed by atoms with Crippen LogP contribution in [-0.2, 0) is 11.3 Å². The molecule has 0 aliphatic heterocycles. The number of benzene rings is 1. The molecular weight excluding hydrogens is 176 g/mol. The average Bonchev–Trinajstić information content (AvgIpc) is 2.19. The Morgan fingerprint density at radius 1 is 1.21 bits per heavy atom. The fraction of sp³-hybridized carbons (Fsp3) is 0.500. The summed E-state index contributed by atoms with van der Waals surface area (Å²) in [6.45, 7) is 5.00. The van der Waals surface area contributed by atoms with Crippen molar-refractivity contribution >= 4 is 0 Å². The van der Waals surface area contributed by atoms with Crippen LogP contribution in [0.2, 0.25) is 0 Å². The van der Waals surface area contributed by atoms with Crippen molar-refractivity contribution in [3.05, 3.63) is 35.9 Å². The fourth-order valence-electron chi connectivity index (χ4n) is 1.08. The van der Waals surface area contributed by atoms with E-state index in [9.17, 15) is 5.11 Å². The van der Waals surface area contributed by atoms with Crippen LogP contribution in [-0.4, -0.2) is 17.8 Å². The van der Waals surface area contributed by atoms with E-state index in [4.69, 9.17) is 4.74 Å². The molecule has 1 rings (SSSR count). The van der Waals surface area contributed by atoms with Crippen LogP contribution in [0.1, 0.15) is 19.4 Å².